The fourth-order valence-electron chi connectivity index (χ4n) is 1.38. The molecule has 0 aliphatic rings. The van der Waals surface area contributed by atoms with Gasteiger partial charge in [0.15, 0.2) is 0 Å². The van der Waals surface area contributed by atoms with Gasteiger partial charge in [0.1, 0.15) is 0 Å². The lowest BCUT2D eigenvalue weighted by molar-refractivity contribution is 0.186. The van der Waals surface area contributed by atoms with Crippen molar-refractivity contribution in [2.75, 3.05) is 25.2 Å². The molecule has 1 rings (SSSR count). The van der Waals surface area contributed by atoms with Gasteiger partial charge in [-0.15, -0.1) is 0 Å². The molecule has 1 aromatic rings. The third-order valence-corrected chi connectivity index (χ3v) is 2.45. The van der Waals surface area contributed by atoms with Crippen molar-refractivity contribution < 1.29 is 14.6 Å². The molecule has 0 aliphatic heterocycles. The van der Waals surface area contributed by atoms with Crippen LogP contribution in [0, 0.1) is 6.92 Å². The van der Waals surface area contributed by atoms with Gasteiger partial charge < -0.3 is 9.84 Å². The maximum Gasteiger partial charge on any atom is 0.411 e. The minimum absolute atomic E-state index is 0.285. The molecular formula is C11H14ClNO3. The summed E-state index contributed by atoms with van der Waals surface area (Å²) >= 11 is 5.85. The quantitative estimate of drug-likeness (QED) is 0.885. The van der Waals surface area contributed by atoms with E-state index in [9.17, 15) is 4.79 Å². The van der Waals surface area contributed by atoms with Crippen LogP contribution in [-0.4, -0.2) is 31.5 Å². The first-order valence-electron chi connectivity index (χ1n) is 4.82. The summed E-state index contributed by atoms with van der Waals surface area (Å²) in [5.41, 5.74) is 1.46. The molecule has 0 radical (unpaired) electrons. The Hall–Kier alpha value is -1.26. The highest BCUT2D eigenvalue weighted by molar-refractivity contribution is 6.31. The highest BCUT2D eigenvalue weighted by atomic mass is 35.5. The SMILES string of the molecule is COCCN(C(=O)O)c1cc(Cl)ccc1C. The normalized spacial score (nSPS) is 10.2. The van der Waals surface area contributed by atoms with Crippen molar-refractivity contribution in [3.8, 4) is 0 Å². The number of anilines is 1. The van der Waals surface area contributed by atoms with Gasteiger partial charge in [-0.3, -0.25) is 4.90 Å². The second-order valence-electron chi connectivity index (χ2n) is 3.36. The van der Waals surface area contributed by atoms with Crippen LogP contribution in [0.15, 0.2) is 18.2 Å². The Bertz CT molecular complexity index is 381. The summed E-state index contributed by atoms with van der Waals surface area (Å²) in [6, 6.07) is 5.16. The number of benzene rings is 1. The molecule has 0 saturated heterocycles. The summed E-state index contributed by atoms with van der Waals surface area (Å²) in [5.74, 6) is 0. The maximum atomic E-state index is 11.1. The Labute approximate surface area is 99.4 Å². The van der Waals surface area contributed by atoms with Crippen LogP contribution in [0.3, 0.4) is 0 Å². The van der Waals surface area contributed by atoms with Gasteiger partial charge in [0.25, 0.3) is 0 Å². The Morgan fingerprint density at radius 1 is 1.56 bits per heavy atom. The Balaban J connectivity index is 3.00. The fourth-order valence-corrected chi connectivity index (χ4v) is 1.54. The molecule has 0 unspecified atom stereocenters. The predicted octanol–water partition coefficient (Wildman–Crippen LogP) is 2.78. The van der Waals surface area contributed by atoms with Gasteiger partial charge in [0.05, 0.1) is 18.8 Å². The molecule has 0 atom stereocenters. The van der Waals surface area contributed by atoms with E-state index < -0.39 is 6.09 Å². The summed E-state index contributed by atoms with van der Waals surface area (Å²) in [6.45, 7) is 2.47. The van der Waals surface area contributed by atoms with Gasteiger partial charge in [-0.2, -0.15) is 0 Å². The molecule has 5 heteroatoms. The number of carboxylic acid groups (broad SMARTS) is 1. The van der Waals surface area contributed by atoms with Gasteiger partial charge in [0.2, 0.25) is 0 Å². The third kappa shape index (κ3) is 3.12. The minimum Gasteiger partial charge on any atom is -0.465 e. The lowest BCUT2D eigenvalue weighted by Gasteiger charge is -2.21. The molecule has 0 aliphatic carbocycles. The van der Waals surface area contributed by atoms with Crippen molar-refractivity contribution in [1.82, 2.24) is 0 Å². The summed E-state index contributed by atoms with van der Waals surface area (Å²) in [4.78, 5) is 12.3. The summed E-state index contributed by atoms with van der Waals surface area (Å²) in [6.07, 6.45) is -1.01. The lowest BCUT2D eigenvalue weighted by Crippen LogP contribution is -2.33. The van der Waals surface area contributed by atoms with Gasteiger partial charge in [-0.25, -0.2) is 4.79 Å². The summed E-state index contributed by atoms with van der Waals surface area (Å²) in [5, 5.41) is 9.61. The average molecular weight is 244 g/mol. The predicted molar refractivity (Wildman–Crippen MR) is 63.4 cm³/mol. The van der Waals surface area contributed by atoms with E-state index in [1.54, 1.807) is 18.2 Å². The van der Waals surface area contributed by atoms with E-state index in [0.717, 1.165) is 5.56 Å². The monoisotopic (exact) mass is 243 g/mol. The second-order valence-corrected chi connectivity index (χ2v) is 3.79. The number of methoxy groups -OCH3 is 1. The highest BCUT2D eigenvalue weighted by Gasteiger charge is 2.16. The molecule has 88 valence electrons. The van der Waals surface area contributed by atoms with Crippen LogP contribution >= 0.6 is 11.6 Å². The lowest BCUT2D eigenvalue weighted by atomic mass is 10.2. The zero-order valence-electron chi connectivity index (χ0n) is 9.24. The van der Waals surface area contributed by atoms with Crippen molar-refractivity contribution in [1.29, 1.82) is 0 Å². The van der Waals surface area contributed by atoms with Crippen LogP contribution in [0.25, 0.3) is 0 Å². The number of ether oxygens (including phenoxy) is 1. The molecule has 1 amide bonds. The number of halogens is 1. The fraction of sp³-hybridized carbons (Fsp3) is 0.364. The number of nitrogens with zero attached hydrogens (tertiary/aromatic N) is 1. The Morgan fingerprint density at radius 2 is 2.25 bits per heavy atom. The standard InChI is InChI=1S/C11H14ClNO3/c1-8-3-4-9(12)7-10(8)13(11(14)15)5-6-16-2/h3-4,7H,5-6H2,1-2H3,(H,14,15). The second kappa shape index (κ2) is 5.72. The van der Waals surface area contributed by atoms with Crippen molar-refractivity contribution >= 4 is 23.4 Å². The van der Waals surface area contributed by atoms with Crippen LogP contribution in [0.4, 0.5) is 10.5 Å². The Kier molecular flexibility index (Phi) is 4.58. The molecular weight excluding hydrogens is 230 g/mol. The van der Waals surface area contributed by atoms with Crippen LogP contribution in [-0.2, 0) is 4.74 Å². The first-order chi connectivity index (χ1) is 7.56. The van der Waals surface area contributed by atoms with Gasteiger partial charge in [-0.05, 0) is 24.6 Å². The molecule has 0 spiro atoms. The van der Waals surface area contributed by atoms with Crippen LogP contribution < -0.4 is 4.90 Å². The van der Waals surface area contributed by atoms with Gasteiger partial charge >= 0.3 is 6.09 Å². The molecule has 0 bridgehead atoms. The van der Waals surface area contributed by atoms with E-state index in [1.165, 1.54) is 12.0 Å². The maximum absolute atomic E-state index is 11.1. The number of carbonyl (C=O) groups is 1. The van der Waals surface area contributed by atoms with Crippen molar-refractivity contribution in [2.45, 2.75) is 6.92 Å². The number of hydrogen-bond acceptors (Lipinski definition) is 2. The first-order valence-corrected chi connectivity index (χ1v) is 5.19. The molecule has 1 aromatic carbocycles. The zero-order valence-corrected chi connectivity index (χ0v) is 9.99. The van der Waals surface area contributed by atoms with E-state index in [0.29, 0.717) is 17.3 Å². The molecule has 4 nitrogen and oxygen atoms in total. The number of amides is 1. The van der Waals surface area contributed by atoms with E-state index in [-0.39, 0.29) is 6.54 Å². The molecule has 0 heterocycles. The zero-order chi connectivity index (χ0) is 12.1. The van der Waals surface area contributed by atoms with Crippen LogP contribution in [0.2, 0.25) is 5.02 Å². The van der Waals surface area contributed by atoms with E-state index >= 15 is 0 Å². The molecule has 0 aromatic heterocycles. The molecule has 1 N–H and O–H groups in total. The summed E-state index contributed by atoms with van der Waals surface area (Å²) in [7, 11) is 1.53. The van der Waals surface area contributed by atoms with Gasteiger partial charge in [0, 0.05) is 12.1 Å². The highest BCUT2D eigenvalue weighted by Crippen LogP contribution is 2.24. The molecule has 0 fully saturated rings. The smallest absolute Gasteiger partial charge is 0.411 e. The number of aryl methyl sites for hydroxylation is 1. The topological polar surface area (TPSA) is 49.8 Å². The molecule has 0 saturated carbocycles. The number of hydrogen-bond donors (Lipinski definition) is 1. The van der Waals surface area contributed by atoms with E-state index in [2.05, 4.69) is 0 Å². The van der Waals surface area contributed by atoms with Crippen molar-refractivity contribution in [3.05, 3.63) is 28.8 Å². The van der Waals surface area contributed by atoms with Crippen LogP contribution in [0.5, 0.6) is 0 Å². The summed E-state index contributed by atoms with van der Waals surface area (Å²) < 4.78 is 4.88. The van der Waals surface area contributed by atoms with Crippen molar-refractivity contribution in [3.63, 3.8) is 0 Å². The van der Waals surface area contributed by atoms with E-state index in [4.69, 9.17) is 21.4 Å². The van der Waals surface area contributed by atoms with Crippen molar-refractivity contribution in [2.24, 2.45) is 0 Å². The Morgan fingerprint density at radius 3 is 2.81 bits per heavy atom. The largest absolute Gasteiger partial charge is 0.465 e. The van der Waals surface area contributed by atoms with E-state index in [1.807, 2.05) is 6.92 Å². The first kappa shape index (κ1) is 12.8. The molecule has 16 heavy (non-hydrogen) atoms. The van der Waals surface area contributed by atoms with Crippen LogP contribution in [0.1, 0.15) is 5.56 Å². The van der Waals surface area contributed by atoms with Gasteiger partial charge in [-0.1, -0.05) is 17.7 Å². The number of rotatable bonds is 4. The minimum atomic E-state index is -1.01. The average Bonchev–Trinajstić information content (AvgIpc) is 2.23. The third-order valence-electron chi connectivity index (χ3n) is 2.21.